The lowest BCUT2D eigenvalue weighted by Gasteiger charge is -2.39. The summed E-state index contributed by atoms with van der Waals surface area (Å²) in [5.74, 6) is 0.662. The summed E-state index contributed by atoms with van der Waals surface area (Å²) in [5, 5.41) is 14.8. The second-order valence-corrected chi connectivity index (χ2v) is 8.35. The predicted octanol–water partition coefficient (Wildman–Crippen LogP) is 3.79. The Labute approximate surface area is 189 Å². The van der Waals surface area contributed by atoms with Gasteiger partial charge < -0.3 is 10.2 Å². The number of hydrogen-bond acceptors (Lipinski definition) is 5. The van der Waals surface area contributed by atoms with E-state index < -0.39 is 0 Å². The molecular formula is C24H31N7O. The van der Waals surface area contributed by atoms with E-state index in [4.69, 9.17) is 0 Å². The number of aromatic nitrogens is 4. The number of likely N-dealkylation sites (tertiary alicyclic amines) is 1. The van der Waals surface area contributed by atoms with Crippen LogP contribution in [-0.2, 0) is 13.6 Å². The van der Waals surface area contributed by atoms with Crippen LogP contribution >= 0.6 is 0 Å². The fourth-order valence-electron chi connectivity index (χ4n) is 4.37. The molecule has 0 radical (unpaired) electrons. The highest BCUT2D eigenvalue weighted by molar-refractivity contribution is 5.90. The molecule has 1 unspecified atom stereocenters. The van der Waals surface area contributed by atoms with Crippen molar-refractivity contribution in [3.8, 4) is 11.4 Å². The smallest absolute Gasteiger partial charge is 0.320 e. The Bertz CT molecular complexity index is 1020. The SMILES string of the molecule is CCCN(C(=O)Nc1cccc(-c2nnnn2C)c1)C1CCCN(Cc2ccccc2)C1. The standard InChI is InChI=1S/C24H31N7O/c1-3-14-31(22-13-8-15-30(18-22)17-19-9-5-4-6-10-19)24(32)25-21-12-7-11-20(16-21)23-26-27-28-29(23)2/h4-7,9-12,16,22H,3,8,13-15,17-18H2,1-2H3,(H,25,32). The minimum absolute atomic E-state index is 0.0494. The number of tetrazole rings is 1. The van der Waals surface area contributed by atoms with Crippen LogP contribution in [0.15, 0.2) is 54.6 Å². The third-order valence-corrected chi connectivity index (χ3v) is 5.89. The summed E-state index contributed by atoms with van der Waals surface area (Å²) in [7, 11) is 1.80. The van der Waals surface area contributed by atoms with E-state index in [-0.39, 0.29) is 12.1 Å². The highest BCUT2D eigenvalue weighted by Crippen LogP contribution is 2.22. The molecule has 1 saturated heterocycles. The van der Waals surface area contributed by atoms with E-state index in [1.165, 1.54) is 5.56 Å². The van der Waals surface area contributed by atoms with Crippen molar-refractivity contribution < 1.29 is 4.79 Å². The molecule has 8 heteroatoms. The number of anilines is 1. The molecule has 2 amide bonds. The zero-order chi connectivity index (χ0) is 22.3. The molecule has 3 aromatic rings. The van der Waals surface area contributed by atoms with E-state index in [9.17, 15) is 4.79 Å². The van der Waals surface area contributed by atoms with Crippen LogP contribution in [0.3, 0.4) is 0 Å². The zero-order valence-electron chi connectivity index (χ0n) is 18.8. The first-order valence-electron chi connectivity index (χ1n) is 11.3. The van der Waals surface area contributed by atoms with Crippen LogP contribution in [0.25, 0.3) is 11.4 Å². The van der Waals surface area contributed by atoms with Gasteiger partial charge in [-0.1, -0.05) is 49.4 Å². The summed E-state index contributed by atoms with van der Waals surface area (Å²) in [6, 6.07) is 18.4. The predicted molar refractivity (Wildman–Crippen MR) is 125 cm³/mol. The fraction of sp³-hybridized carbons (Fsp3) is 0.417. The largest absolute Gasteiger partial charge is 0.322 e. The van der Waals surface area contributed by atoms with Gasteiger partial charge in [0, 0.05) is 44.0 Å². The van der Waals surface area contributed by atoms with Crippen LogP contribution in [0.2, 0.25) is 0 Å². The molecule has 1 atom stereocenters. The van der Waals surface area contributed by atoms with E-state index in [1.54, 1.807) is 11.7 Å². The highest BCUT2D eigenvalue weighted by atomic mass is 16.2. The Balaban J connectivity index is 1.44. The monoisotopic (exact) mass is 433 g/mol. The second kappa shape index (κ2) is 10.4. The van der Waals surface area contributed by atoms with Crippen molar-refractivity contribution in [2.24, 2.45) is 7.05 Å². The number of piperidine rings is 1. The number of aryl methyl sites for hydroxylation is 1. The van der Waals surface area contributed by atoms with Crippen molar-refractivity contribution in [2.75, 3.05) is 25.0 Å². The number of hydrogen-bond donors (Lipinski definition) is 1. The molecule has 1 aromatic heterocycles. The molecule has 0 bridgehead atoms. The molecule has 4 rings (SSSR count). The fourth-order valence-corrected chi connectivity index (χ4v) is 4.37. The van der Waals surface area contributed by atoms with Crippen molar-refractivity contribution in [1.82, 2.24) is 30.0 Å². The molecule has 168 valence electrons. The number of carbonyl (C=O) groups excluding carboxylic acids is 1. The number of nitrogens with zero attached hydrogens (tertiary/aromatic N) is 6. The van der Waals surface area contributed by atoms with E-state index in [1.807, 2.05) is 35.2 Å². The van der Waals surface area contributed by atoms with Gasteiger partial charge in [0.1, 0.15) is 0 Å². The molecule has 0 aliphatic carbocycles. The molecule has 1 N–H and O–H groups in total. The van der Waals surface area contributed by atoms with Crippen molar-refractivity contribution in [3.63, 3.8) is 0 Å². The Morgan fingerprint density at radius 2 is 2.03 bits per heavy atom. The number of rotatable bonds is 7. The van der Waals surface area contributed by atoms with Gasteiger partial charge in [0.25, 0.3) is 0 Å². The van der Waals surface area contributed by atoms with Crippen molar-refractivity contribution in [1.29, 1.82) is 0 Å². The molecule has 2 aromatic carbocycles. The minimum Gasteiger partial charge on any atom is -0.320 e. The maximum absolute atomic E-state index is 13.3. The summed E-state index contributed by atoms with van der Waals surface area (Å²) in [6.45, 7) is 5.75. The third kappa shape index (κ3) is 5.31. The Hall–Kier alpha value is -3.26. The van der Waals surface area contributed by atoms with Crippen LogP contribution in [0.5, 0.6) is 0 Å². The molecule has 2 heterocycles. The molecule has 1 fully saturated rings. The molecular weight excluding hydrogens is 402 g/mol. The van der Waals surface area contributed by atoms with Gasteiger partial charge in [-0.05, 0) is 53.9 Å². The van der Waals surface area contributed by atoms with E-state index in [0.29, 0.717) is 5.82 Å². The van der Waals surface area contributed by atoms with Gasteiger partial charge in [-0.25, -0.2) is 9.48 Å². The van der Waals surface area contributed by atoms with Crippen molar-refractivity contribution in [2.45, 2.75) is 38.8 Å². The summed E-state index contributed by atoms with van der Waals surface area (Å²) < 4.78 is 1.62. The van der Waals surface area contributed by atoms with Crippen LogP contribution in [-0.4, -0.2) is 61.7 Å². The normalized spacial score (nSPS) is 16.6. The van der Waals surface area contributed by atoms with Gasteiger partial charge >= 0.3 is 6.03 Å². The minimum atomic E-state index is -0.0494. The average Bonchev–Trinajstić information content (AvgIpc) is 3.24. The van der Waals surface area contributed by atoms with E-state index in [2.05, 4.69) is 56.9 Å². The topological polar surface area (TPSA) is 79.2 Å². The van der Waals surface area contributed by atoms with Crippen LogP contribution in [0.4, 0.5) is 10.5 Å². The molecule has 1 aliphatic rings. The molecule has 0 spiro atoms. The van der Waals surface area contributed by atoms with Gasteiger partial charge in [-0.3, -0.25) is 4.90 Å². The molecule has 8 nitrogen and oxygen atoms in total. The summed E-state index contributed by atoms with van der Waals surface area (Å²) in [6.07, 6.45) is 3.05. The van der Waals surface area contributed by atoms with E-state index >= 15 is 0 Å². The average molecular weight is 434 g/mol. The maximum Gasteiger partial charge on any atom is 0.322 e. The summed E-state index contributed by atoms with van der Waals surface area (Å²) in [4.78, 5) is 17.7. The Kier molecular flexibility index (Phi) is 7.11. The Morgan fingerprint density at radius 1 is 1.19 bits per heavy atom. The van der Waals surface area contributed by atoms with Crippen molar-refractivity contribution >= 4 is 11.7 Å². The van der Waals surface area contributed by atoms with Gasteiger partial charge in [0.05, 0.1) is 0 Å². The first-order valence-corrected chi connectivity index (χ1v) is 11.3. The maximum atomic E-state index is 13.3. The van der Waals surface area contributed by atoms with Crippen molar-refractivity contribution in [3.05, 3.63) is 60.2 Å². The van der Waals surface area contributed by atoms with Gasteiger partial charge in [-0.2, -0.15) is 0 Å². The number of benzene rings is 2. The number of nitrogens with one attached hydrogen (secondary N) is 1. The summed E-state index contributed by atoms with van der Waals surface area (Å²) >= 11 is 0. The highest BCUT2D eigenvalue weighted by Gasteiger charge is 2.28. The quantitative estimate of drug-likeness (QED) is 0.613. The lowest BCUT2D eigenvalue weighted by molar-refractivity contribution is 0.113. The zero-order valence-corrected chi connectivity index (χ0v) is 18.8. The van der Waals surface area contributed by atoms with Crippen LogP contribution in [0, 0.1) is 0 Å². The lowest BCUT2D eigenvalue weighted by atomic mass is 10.0. The molecule has 1 aliphatic heterocycles. The number of carbonyl (C=O) groups is 1. The molecule has 0 saturated carbocycles. The lowest BCUT2D eigenvalue weighted by Crippen LogP contribution is -2.51. The van der Waals surface area contributed by atoms with Gasteiger partial charge in [-0.15, -0.1) is 5.10 Å². The second-order valence-electron chi connectivity index (χ2n) is 8.35. The molecule has 32 heavy (non-hydrogen) atoms. The first-order chi connectivity index (χ1) is 15.6. The third-order valence-electron chi connectivity index (χ3n) is 5.89. The number of urea groups is 1. The Morgan fingerprint density at radius 3 is 2.78 bits per heavy atom. The van der Waals surface area contributed by atoms with Crippen LogP contribution in [0.1, 0.15) is 31.7 Å². The van der Waals surface area contributed by atoms with Crippen LogP contribution < -0.4 is 5.32 Å². The van der Waals surface area contributed by atoms with E-state index in [0.717, 1.165) is 56.7 Å². The van der Waals surface area contributed by atoms with Gasteiger partial charge in [0.2, 0.25) is 0 Å². The number of amides is 2. The van der Waals surface area contributed by atoms with Gasteiger partial charge in [0.15, 0.2) is 5.82 Å². The first kappa shape index (κ1) is 22.0. The summed E-state index contributed by atoms with van der Waals surface area (Å²) in [5.41, 5.74) is 2.92.